The van der Waals surface area contributed by atoms with Crippen molar-refractivity contribution >= 4 is 46.7 Å². The lowest BCUT2D eigenvalue weighted by Crippen LogP contribution is -2.61. The maximum Gasteiger partial charge on any atom is 0.303 e. The van der Waals surface area contributed by atoms with E-state index < -0.39 is 71.9 Å². The van der Waals surface area contributed by atoms with Crippen molar-refractivity contribution in [1.29, 1.82) is 0 Å². The zero-order chi connectivity index (χ0) is 21.9. The summed E-state index contributed by atoms with van der Waals surface area (Å²) in [5.74, 6) is -3.88. The Labute approximate surface area is 181 Å². The molecule has 0 bridgehead atoms. The lowest BCUT2D eigenvalue weighted by atomic mass is 10.0. The topological polar surface area (TPSA) is 141 Å². The summed E-state index contributed by atoms with van der Waals surface area (Å²) in [6, 6.07) is 0. The largest absolute Gasteiger partial charge is 0.463 e. The molecule has 10 nitrogen and oxygen atoms in total. The van der Waals surface area contributed by atoms with Crippen molar-refractivity contribution in [3.05, 3.63) is 0 Å². The fourth-order valence-corrected chi connectivity index (χ4v) is 3.86. The fourth-order valence-electron chi connectivity index (χ4n) is 3.06. The van der Waals surface area contributed by atoms with Gasteiger partial charge in [-0.1, -0.05) is 0 Å². The lowest BCUT2D eigenvalue weighted by Gasteiger charge is -2.43. The van der Waals surface area contributed by atoms with E-state index in [1.807, 2.05) is 0 Å². The van der Waals surface area contributed by atoms with E-state index in [9.17, 15) is 24.9 Å². The third kappa shape index (κ3) is 5.44. The highest BCUT2D eigenvalue weighted by Crippen LogP contribution is 2.39. The molecule has 29 heavy (non-hydrogen) atoms. The zero-order valence-electron chi connectivity index (χ0n) is 15.6. The normalized spacial score (nSPS) is 42.5. The average molecular weight is 482 g/mol. The molecule has 0 aliphatic carbocycles. The van der Waals surface area contributed by atoms with E-state index in [1.165, 1.54) is 6.92 Å². The summed E-state index contributed by atoms with van der Waals surface area (Å²) >= 11 is 17.8. The molecule has 0 aromatic rings. The number of carbonyl (C=O) groups excluding carboxylic acids is 2. The van der Waals surface area contributed by atoms with Crippen LogP contribution in [0.4, 0.5) is 0 Å². The first-order chi connectivity index (χ1) is 13.6. The van der Waals surface area contributed by atoms with Crippen LogP contribution in [0.1, 0.15) is 13.8 Å². The second-order valence-corrected chi connectivity index (χ2v) is 7.74. The van der Waals surface area contributed by atoms with Crippen molar-refractivity contribution in [3.8, 4) is 0 Å². The highest BCUT2D eigenvalue weighted by Gasteiger charge is 2.59. The van der Waals surface area contributed by atoms with Gasteiger partial charge in [0.25, 0.3) is 0 Å². The van der Waals surface area contributed by atoms with E-state index >= 15 is 0 Å². The minimum absolute atomic E-state index is 0.160. The predicted molar refractivity (Wildman–Crippen MR) is 98.6 cm³/mol. The smallest absolute Gasteiger partial charge is 0.303 e. The molecule has 3 N–H and O–H groups in total. The Morgan fingerprint density at radius 2 is 1.72 bits per heavy atom. The van der Waals surface area contributed by atoms with Gasteiger partial charge in [0.1, 0.15) is 37.1 Å². The van der Waals surface area contributed by atoms with E-state index in [4.69, 9.17) is 58.5 Å². The molecule has 2 aliphatic heterocycles. The molecule has 2 saturated heterocycles. The van der Waals surface area contributed by atoms with Gasteiger partial charge in [0.05, 0.1) is 17.1 Å². The van der Waals surface area contributed by atoms with Gasteiger partial charge in [0.15, 0.2) is 12.4 Å². The van der Waals surface area contributed by atoms with Crippen LogP contribution in [0.2, 0.25) is 0 Å². The SMILES string of the molecule is CC(=O)OCC1OC(OC2(CCl)OC(CCl)C(OC(C)=O)C2O)C(O)C(O)C1Cl. The molecule has 2 fully saturated rings. The highest BCUT2D eigenvalue weighted by atomic mass is 35.5. The number of hydrogen-bond donors (Lipinski definition) is 3. The van der Waals surface area contributed by atoms with E-state index in [2.05, 4.69) is 0 Å². The maximum absolute atomic E-state index is 11.3. The molecule has 0 spiro atoms. The first-order valence-corrected chi connectivity index (χ1v) is 10.2. The molecule has 0 aromatic heterocycles. The quantitative estimate of drug-likeness (QED) is 0.321. The van der Waals surface area contributed by atoms with Crippen LogP contribution < -0.4 is 0 Å². The maximum atomic E-state index is 11.3. The van der Waals surface area contributed by atoms with Crippen molar-refractivity contribution < 1.29 is 48.6 Å². The number of carbonyl (C=O) groups is 2. The van der Waals surface area contributed by atoms with Gasteiger partial charge in [-0.2, -0.15) is 0 Å². The van der Waals surface area contributed by atoms with Gasteiger partial charge in [0, 0.05) is 13.8 Å². The van der Waals surface area contributed by atoms with E-state index in [0.29, 0.717) is 0 Å². The third-order valence-corrected chi connectivity index (χ3v) is 5.72. The number of ether oxygens (including phenoxy) is 5. The van der Waals surface area contributed by atoms with Crippen molar-refractivity contribution in [2.75, 3.05) is 18.4 Å². The molecule has 2 aliphatic rings. The van der Waals surface area contributed by atoms with Crippen LogP contribution in [0.15, 0.2) is 0 Å². The molecule has 0 radical (unpaired) electrons. The van der Waals surface area contributed by atoms with Gasteiger partial charge in [-0.15, -0.1) is 34.8 Å². The standard InChI is InChI=1S/C16H23Cl3O10/c1-6(20)25-4-9-10(19)11(22)12(23)15(27-9)29-16(5-18)14(24)13(26-7(2)21)8(3-17)28-16/h8-15,22-24H,3-5H2,1-2H3. The molecule has 0 saturated carbocycles. The van der Waals surface area contributed by atoms with Gasteiger partial charge >= 0.3 is 11.9 Å². The Morgan fingerprint density at radius 1 is 1.07 bits per heavy atom. The summed E-state index contributed by atoms with van der Waals surface area (Å²) < 4.78 is 26.7. The summed E-state index contributed by atoms with van der Waals surface area (Å²) in [5, 5.41) is 30.1. The predicted octanol–water partition coefficient (Wildman–Crippen LogP) is -0.514. The summed E-state index contributed by atoms with van der Waals surface area (Å²) in [6.07, 6.45) is -9.51. The van der Waals surface area contributed by atoms with Crippen LogP contribution in [-0.4, -0.2) is 99.7 Å². The minimum Gasteiger partial charge on any atom is -0.463 e. The van der Waals surface area contributed by atoms with Crippen LogP contribution in [0.5, 0.6) is 0 Å². The molecule has 9 atom stereocenters. The molecule has 9 unspecified atom stereocenters. The second kappa shape index (κ2) is 10.3. The number of rotatable bonds is 7. The van der Waals surface area contributed by atoms with Gasteiger partial charge in [-0.05, 0) is 0 Å². The Morgan fingerprint density at radius 3 is 2.24 bits per heavy atom. The first kappa shape index (κ1) is 24.8. The fraction of sp³-hybridized carbons (Fsp3) is 0.875. The van der Waals surface area contributed by atoms with Gasteiger partial charge in [-0.25, -0.2) is 0 Å². The Hall–Kier alpha value is -0.430. The molecule has 13 heteroatoms. The summed E-state index contributed by atoms with van der Waals surface area (Å²) in [6.45, 7) is 2.01. The molecule has 168 valence electrons. The number of halogens is 3. The highest BCUT2D eigenvalue weighted by molar-refractivity contribution is 6.21. The molecule has 0 amide bonds. The first-order valence-electron chi connectivity index (χ1n) is 8.68. The van der Waals surface area contributed by atoms with E-state index in [1.54, 1.807) is 0 Å². The van der Waals surface area contributed by atoms with Crippen LogP contribution in [0, 0.1) is 0 Å². The number of aliphatic hydroxyl groups is 3. The van der Waals surface area contributed by atoms with Crippen LogP contribution in [0.3, 0.4) is 0 Å². The number of alkyl halides is 3. The number of aliphatic hydroxyl groups excluding tert-OH is 3. The van der Waals surface area contributed by atoms with Gasteiger partial charge in [-0.3, -0.25) is 9.59 Å². The van der Waals surface area contributed by atoms with Gasteiger partial charge < -0.3 is 39.0 Å². The Bertz CT molecular complexity index is 595. The Kier molecular flexibility index (Phi) is 8.78. The van der Waals surface area contributed by atoms with E-state index in [-0.39, 0.29) is 12.5 Å². The van der Waals surface area contributed by atoms with Crippen LogP contribution in [0.25, 0.3) is 0 Å². The van der Waals surface area contributed by atoms with Crippen molar-refractivity contribution in [3.63, 3.8) is 0 Å². The van der Waals surface area contributed by atoms with Crippen molar-refractivity contribution in [1.82, 2.24) is 0 Å². The third-order valence-electron chi connectivity index (χ3n) is 4.51. The molecular weight excluding hydrogens is 459 g/mol. The summed E-state index contributed by atoms with van der Waals surface area (Å²) in [7, 11) is 0. The van der Waals surface area contributed by atoms with Crippen molar-refractivity contribution in [2.24, 2.45) is 0 Å². The summed E-state index contributed by atoms with van der Waals surface area (Å²) in [5.41, 5.74) is 0. The molecule has 2 rings (SSSR count). The van der Waals surface area contributed by atoms with E-state index in [0.717, 1.165) is 6.92 Å². The average Bonchev–Trinajstić information content (AvgIpc) is 2.92. The van der Waals surface area contributed by atoms with Crippen molar-refractivity contribution in [2.45, 2.75) is 67.9 Å². The van der Waals surface area contributed by atoms with Crippen LogP contribution >= 0.6 is 34.8 Å². The Balaban J connectivity index is 2.21. The zero-order valence-corrected chi connectivity index (χ0v) is 17.8. The number of esters is 2. The monoisotopic (exact) mass is 480 g/mol. The number of hydrogen-bond acceptors (Lipinski definition) is 10. The molecule has 0 aromatic carbocycles. The minimum atomic E-state index is -1.97. The van der Waals surface area contributed by atoms with Crippen LogP contribution in [-0.2, 0) is 33.3 Å². The lowest BCUT2D eigenvalue weighted by molar-refractivity contribution is -0.357. The molecule has 2 heterocycles. The second-order valence-electron chi connectivity index (χ2n) is 6.66. The van der Waals surface area contributed by atoms with Gasteiger partial charge in [0.2, 0.25) is 5.79 Å². The molecular formula is C16H23Cl3O10. The summed E-state index contributed by atoms with van der Waals surface area (Å²) in [4.78, 5) is 22.4.